The maximum atomic E-state index is 5.49. The summed E-state index contributed by atoms with van der Waals surface area (Å²) in [6.45, 7) is 4.21. The predicted octanol–water partition coefficient (Wildman–Crippen LogP) is 1.76. The molecule has 0 rings (SSSR count). The molecule has 0 heterocycles. The Morgan fingerprint density at radius 1 is 1.25 bits per heavy atom. The lowest BCUT2D eigenvalue weighted by Crippen LogP contribution is -2.27. The summed E-state index contributed by atoms with van der Waals surface area (Å²) in [4.78, 5) is 0. The molecule has 0 aliphatic carbocycles. The summed E-state index contributed by atoms with van der Waals surface area (Å²) >= 11 is 5.49. The molecular weight excluding hydrogens is 191 g/mol. The van der Waals surface area contributed by atoms with Crippen LogP contribution in [-0.2, 0) is 16.3 Å². The van der Waals surface area contributed by atoms with Crippen LogP contribution in [0.1, 0.15) is 13.8 Å². The molecule has 0 amide bonds. The molecule has 0 spiro atoms. The zero-order chi connectivity index (χ0) is 9.78. The van der Waals surface area contributed by atoms with E-state index in [1.54, 1.807) is 7.11 Å². The average molecular weight is 210 g/mol. The van der Waals surface area contributed by atoms with Gasteiger partial charge in [-0.05, 0) is 25.9 Å². The third-order valence-electron chi connectivity index (χ3n) is 1.83. The van der Waals surface area contributed by atoms with Crippen molar-refractivity contribution in [2.75, 3.05) is 34.3 Å². The van der Waals surface area contributed by atoms with Crippen LogP contribution in [0.3, 0.4) is 0 Å². The maximum Gasteiger partial charge on any atom is 0.202 e. The highest BCUT2D eigenvalue weighted by atomic mass is 32.5. The minimum Gasteiger partial charge on any atom is -0.330 e. The van der Waals surface area contributed by atoms with E-state index in [1.165, 1.54) is 0 Å². The van der Waals surface area contributed by atoms with Crippen molar-refractivity contribution in [3.8, 4) is 0 Å². The minimum absolute atomic E-state index is 0.944. The molecule has 0 aromatic carbocycles. The quantitative estimate of drug-likeness (QED) is 0.642. The highest BCUT2D eigenvalue weighted by molar-refractivity contribution is 8.09. The van der Waals surface area contributed by atoms with E-state index >= 15 is 0 Å². The molecule has 0 radical (unpaired) electrons. The van der Waals surface area contributed by atoms with Gasteiger partial charge in [-0.3, -0.25) is 0 Å². The highest BCUT2D eigenvalue weighted by Gasteiger charge is 2.25. The molecule has 0 bridgehead atoms. The largest absolute Gasteiger partial charge is 0.330 e. The van der Waals surface area contributed by atoms with Gasteiger partial charge in [0.1, 0.15) is 0 Å². The van der Waals surface area contributed by atoms with Gasteiger partial charge in [-0.2, -0.15) is 0 Å². The van der Waals surface area contributed by atoms with Crippen LogP contribution in [0.25, 0.3) is 0 Å². The van der Waals surface area contributed by atoms with Crippen molar-refractivity contribution in [3.05, 3.63) is 0 Å². The first-order valence-electron chi connectivity index (χ1n) is 4.11. The molecule has 0 saturated carbocycles. The minimum atomic E-state index is -1.88. The molecular formula is C7H19N2OPS. The highest BCUT2D eigenvalue weighted by Crippen LogP contribution is 2.51. The molecule has 12 heavy (non-hydrogen) atoms. The van der Waals surface area contributed by atoms with Gasteiger partial charge in [0.15, 0.2) is 0 Å². The summed E-state index contributed by atoms with van der Waals surface area (Å²) in [5.41, 5.74) is 0. The molecule has 0 saturated heterocycles. The summed E-state index contributed by atoms with van der Waals surface area (Å²) in [6, 6.07) is 0. The normalized spacial score (nSPS) is 16.9. The molecule has 1 atom stereocenters. The van der Waals surface area contributed by atoms with Crippen LogP contribution in [0.15, 0.2) is 0 Å². The summed E-state index contributed by atoms with van der Waals surface area (Å²) < 4.78 is 9.63. The Hall–Kier alpha value is 0.530. The van der Waals surface area contributed by atoms with Crippen molar-refractivity contribution < 1.29 is 4.52 Å². The van der Waals surface area contributed by atoms with Crippen molar-refractivity contribution in [3.63, 3.8) is 0 Å². The van der Waals surface area contributed by atoms with Crippen LogP contribution >= 0.6 is 6.57 Å². The van der Waals surface area contributed by atoms with E-state index in [2.05, 4.69) is 18.5 Å². The number of hydrogen-bond donors (Lipinski definition) is 0. The molecule has 0 aliphatic heterocycles. The summed E-state index contributed by atoms with van der Waals surface area (Å²) in [7, 11) is 5.64. The van der Waals surface area contributed by atoms with E-state index in [1.807, 2.05) is 18.8 Å². The summed E-state index contributed by atoms with van der Waals surface area (Å²) in [6.07, 6.45) is 0. The second kappa shape index (κ2) is 5.30. The second-order valence-corrected chi connectivity index (χ2v) is 6.80. The van der Waals surface area contributed by atoms with Crippen molar-refractivity contribution in [2.24, 2.45) is 0 Å². The van der Waals surface area contributed by atoms with E-state index in [9.17, 15) is 0 Å². The maximum absolute atomic E-state index is 5.49. The van der Waals surface area contributed by atoms with Crippen LogP contribution in [0.4, 0.5) is 0 Å². The van der Waals surface area contributed by atoms with Gasteiger partial charge in [-0.1, -0.05) is 13.8 Å². The Labute approximate surface area is 80.9 Å². The first-order chi connectivity index (χ1) is 5.52. The van der Waals surface area contributed by atoms with Crippen LogP contribution in [0, 0.1) is 0 Å². The first kappa shape index (κ1) is 12.5. The van der Waals surface area contributed by atoms with Crippen LogP contribution in [-0.4, -0.2) is 43.6 Å². The molecule has 0 aromatic rings. The van der Waals surface area contributed by atoms with Gasteiger partial charge in [0, 0.05) is 20.2 Å². The van der Waals surface area contributed by atoms with Gasteiger partial charge in [-0.25, -0.2) is 9.34 Å². The zero-order valence-corrected chi connectivity index (χ0v) is 10.3. The van der Waals surface area contributed by atoms with Crippen LogP contribution in [0.5, 0.6) is 0 Å². The van der Waals surface area contributed by atoms with E-state index in [4.69, 9.17) is 16.3 Å². The molecule has 0 fully saturated rings. The lowest BCUT2D eigenvalue weighted by molar-refractivity contribution is 0.335. The second-order valence-electron chi connectivity index (χ2n) is 2.66. The molecule has 1 unspecified atom stereocenters. The fourth-order valence-corrected chi connectivity index (χ4v) is 3.58. The molecule has 0 N–H and O–H groups in total. The van der Waals surface area contributed by atoms with Gasteiger partial charge in [0.05, 0.1) is 0 Å². The SMILES string of the molecule is CCN(CC)P(=S)(OC)N(C)C. The number of hydrogen-bond acceptors (Lipinski definition) is 2. The molecule has 0 aromatic heterocycles. The monoisotopic (exact) mass is 210 g/mol. The van der Waals surface area contributed by atoms with E-state index in [-0.39, 0.29) is 0 Å². The third kappa shape index (κ3) is 2.51. The number of nitrogens with zero attached hydrogens (tertiary/aromatic N) is 2. The predicted molar refractivity (Wildman–Crippen MR) is 57.9 cm³/mol. The van der Waals surface area contributed by atoms with E-state index in [0.29, 0.717) is 0 Å². The van der Waals surface area contributed by atoms with Crippen molar-refractivity contribution in [1.82, 2.24) is 9.34 Å². The standard InChI is InChI=1S/C7H19N2OPS/c1-6-9(7-2)11(12,10-5)8(3)4/h6-7H2,1-5H3. The number of rotatable bonds is 5. The van der Waals surface area contributed by atoms with Crippen molar-refractivity contribution >= 4 is 18.4 Å². The van der Waals surface area contributed by atoms with Crippen LogP contribution in [0.2, 0.25) is 0 Å². The fraction of sp³-hybridized carbons (Fsp3) is 1.00. The Morgan fingerprint density at radius 3 is 1.75 bits per heavy atom. The Kier molecular flexibility index (Phi) is 5.53. The average Bonchev–Trinajstić information content (AvgIpc) is 2.05. The molecule has 3 nitrogen and oxygen atoms in total. The van der Waals surface area contributed by atoms with Crippen molar-refractivity contribution in [2.45, 2.75) is 13.8 Å². The molecule has 0 aliphatic rings. The van der Waals surface area contributed by atoms with Gasteiger partial charge in [0.2, 0.25) is 6.57 Å². The van der Waals surface area contributed by atoms with E-state index in [0.717, 1.165) is 13.1 Å². The summed E-state index contributed by atoms with van der Waals surface area (Å²) in [5.74, 6) is 0. The third-order valence-corrected chi connectivity index (χ3v) is 6.72. The van der Waals surface area contributed by atoms with Crippen LogP contribution < -0.4 is 0 Å². The lowest BCUT2D eigenvalue weighted by Gasteiger charge is -2.36. The zero-order valence-electron chi connectivity index (χ0n) is 8.57. The molecule has 74 valence electrons. The van der Waals surface area contributed by atoms with Crippen molar-refractivity contribution in [1.29, 1.82) is 0 Å². The lowest BCUT2D eigenvalue weighted by atomic mass is 10.7. The van der Waals surface area contributed by atoms with Gasteiger partial charge >= 0.3 is 0 Å². The first-order valence-corrected chi connectivity index (χ1v) is 6.74. The van der Waals surface area contributed by atoms with Gasteiger partial charge in [-0.15, -0.1) is 0 Å². The Balaban J connectivity index is 4.60. The Morgan fingerprint density at radius 2 is 1.67 bits per heavy atom. The fourth-order valence-electron chi connectivity index (χ4n) is 1.11. The topological polar surface area (TPSA) is 15.7 Å². The van der Waals surface area contributed by atoms with E-state index < -0.39 is 6.57 Å². The van der Waals surface area contributed by atoms with Gasteiger partial charge in [0.25, 0.3) is 0 Å². The molecule has 5 heteroatoms. The smallest absolute Gasteiger partial charge is 0.202 e. The van der Waals surface area contributed by atoms with Gasteiger partial charge < -0.3 is 4.52 Å². The Bertz CT molecular complexity index is 171. The summed E-state index contributed by atoms with van der Waals surface area (Å²) in [5, 5.41) is 0.